The Morgan fingerprint density at radius 3 is 2.78 bits per heavy atom. The van der Waals surface area contributed by atoms with Crippen LogP contribution in [0.1, 0.15) is 32.4 Å². The maximum Gasteiger partial charge on any atom is 0.234 e. The van der Waals surface area contributed by atoms with E-state index in [4.69, 9.17) is 17.0 Å². The lowest BCUT2D eigenvalue weighted by atomic mass is 9.79. The molecule has 23 heavy (non-hydrogen) atoms. The van der Waals surface area contributed by atoms with Crippen LogP contribution in [0.5, 0.6) is 5.75 Å². The first-order valence-electron chi connectivity index (χ1n) is 7.75. The number of fused-ring (bicyclic) bond motifs is 4. The number of thiocarbonyl (C=S) groups is 1. The summed E-state index contributed by atoms with van der Waals surface area (Å²) in [7, 11) is 0. The van der Waals surface area contributed by atoms with Crippen LogP contribution in [-0.2, 0) is 4.79 Å². The van der Waals surface area contributed by atoms with E-state index >= 15 is 0 Å². The smallest absolute Gasteiger partial charge is 0.234 e. The summed E-state index contributed by atoms with van der Waals surface area (Å²) in [5.74, 6) is 0.443. The molecule has 2 bridgehead atoms. The highest BCUT2D eigenvalue weighted by Crippen LogP contribution is 2.46. The van der Waals surface area contributed by atoms with Crippen molar-refractivity contribution < 1.29 is 9.53 Å². The number of amides is 1. The molecule has 0 aromatic heterocycles. The highest BCUT2D eigenvalue weighted by Gasteiger charge is 2.55. The van der Waals surface area contributed by atoms with E-state index in [2.05, 4.69) is 26.6 Å². The third-order valence-electron chi connectivity index (χ3n) is 4.55. The molecule has 0 unspecified atom stereocenters. The molecule has 5 nitrogen and oxygen atoms in total. The van der Waals surface area contributed by atoms with E-state index in [-0.39, 0.29) is 11.9 Å². The molecular weight excluding hydrogens is 378 g/mol. The van der Waals surface area contributed by atoms with Crippen molar-refractivity contribution in [3.05, 3.63) is 28.2 Å². The quantitative estimate of drug-likeness (QED) is 0.767. The van der Waals surface area contributed by atoms with Gasteiger partial charge in [-0.3, -0.25) is 4.79 Å². The molecule has 0 aliphatic carbocycles. The zero-order valence-corrected chi connectivity index (χ0v) is 15.8. The van der Waals surface area contributed by atoms with Crippen LogP contribution in [-0.4, -0.2) is 34.7 Å². The Kier molecular flexibility index (Phi) is 4.27. The van der Waals surface area contributed by atoms with Gasteiger partial charge in [-0.15, -0.1) is 0 Å². The molecular formula is C16H20BrN3O2S. The average molecular weight is 398 g/mol. The molecule has 2 heterocycles. The third-order valence-corrected chi connectivity index (χ3v) is 5.26. The maximum atomic E-state index is 13.1. The lowest BCUT2D eigenvalue weighted by Gasteiger charge is -2.51. The van der Waals surface area contributed by atoms with Gasteiger partial charge in [0.25, 0.3) is 0 Å². The molecule has 0 saturated carbocycles. The summed E-state index contributed by atoms with van der Waals surface area (Å²) in [6.07, 6.45) is 0. The van der Waals surface area contributed by atoms with Crippen LogP contribution in [0.25, 0.3) is 0 Å². The second-order valence-electron chi connectivity index (χ2n) is 5.96. The maximum absolute atomic E-state index is 13.1. The van der Waals surface area contributed by atoms with Gasteiger partial charge in [-0.25, -0.2) is 0 Å². The van der Waals surface area contributed by atoms with Crippen molar-refractivity contribution in [1.29, 1.82) is 0 Å². The van der Waals surface area contributed by atoms with Gasteiger partial charge in [-0.2, -0.15) is 0 Å². The summed E-state index contributed by atoms with van der Waals surface area (Å²) in [5, 5.41) is 6.92. The molecule has 0 radical (unpaired) electrons. The largest absolute Gasteiger partial charge is 0.467 e. The molecule has 124 valence electrons. The highest BCUT2D eigenvalue weighted by molar-refractivity contribution is 9.10. The monoisotopic (exact) mass is 397 g/mol. The Morgan fingerprint density at radius 1 is 1.43 bits per heavy atom. The predicted octanol–water partition coefficient (Wildman–Crippen LogP) is 2.56. The summed E-state index contributed by atoms with van der Waals surface area (Å²) in [6.45, 7) is 7.21. The van der Waals surface area contributed by atoms with E-state index in [1.54, 1.807) is 0 Å². The summed E-state index contributed by atoms with van der Waals surface area (Å²) in [5.41, 5.74) is 0.0965. The van der Waals surface area contributed by atoms with Gasteiger partial charge in [0.1, 0.15) is 11.7 Å². The van der Waals surface area contributed by atoms with Crippen LogP contribution in [0.3, 0.4) is 0 Å². The van der Waals surface area contributed by atoms with Crippen LogP contribution in [0, 0.1) is 5.92 Å². The van der Waals surface area contributed by atoms with E-state index in [0.717, 1.165) is 15.8 Å². The molecule has 1 amide bonds. The number of carbonyl (C=O) groups excluding carboxylic acids is 1. The van der Waals surface area contributed by atoms with Crippen molar-refractivity contribution in [3.63, 3.8) is 0 Å². The number of carbonyl (C=O) groups is 1. The highest BCUT2D eigenvalue weighted by atomic mass is 79.9. The normalized spacial score (nSPS) is 28.1. The number of hydrogen-bond donors (Lipinski definition) is 2. The van der Waals surface area contributed by atoms with Crippen molar-refractivity contribution in [2.24, 2.45) is 5.92 Å². The van der Waals surface area contributed by atoms with Crippen molar-refractivity contribution in [2.45, 2.75) is 32.5 Å². The zero-order chi connectivity index (χ0) is 16.8. The van der Waals surface area contributed by atoms with E-state index in [1.807, 2.05) is 43.9 Å². The standard InChI is InChI=1S/C16H20BrN3O2S/c1-4-20(5-2)14(21)12-13-10-8-9(17)6-7-11(10)22-16(12,3)19-15(23)18-13/h6-8,12-13H,4-5H2,1-3H3,(H2,18,19,23)/t12-,13+,16-/m0/s1. The minimum absolute atomic E-state index is 0.0654. The van der Waals surface area contributed by atoms with Gasteiger partial charge in [0, 0.05) is 23.1 Å². The van der Waals surface area contributed by atoms with Crippen molar-refractivity contribution in [1.82, 2.24) is 15.5 Å². The Hall–Kier alpha value is -1.34. The Labute approximate surface area is 149 Å². The third kappa shape index (κ3) is 2.70. The number of benzene rings is 1. The number of nitrogens with zero attached hydrogens (tertiary/aromatic N) is 1. The molecule has 7 heteroatoms. The van der Waals surface area contributed by atoms with Gasteiger partial charge in [-0.1, -0.05) is 15.9 Å². The average Bonchev–Trinajstić information content (AvgIpc) is 2.48. The first-order chi connectivity index (χ1) is 10.9. The van der Waals surface area contributed by atoms with E-state index < -0.39 is 11.6 Å². The molecule has 1 saturated heterocycles. The van der Waals surface area contributed by atoms with Crippen molar-refractivity contribution in [3.8, 4) is 5.75 Å². The minimum Gasteiger partial charge on any atom is -0.467 e. The van der Waals surface area contributed by atoms with Crippen LogP contribution in [0.15, 0.2) is 22.7 Å². The van der Waals surface area contributed by atoms with Gasteiger partial charge in [0.2, 0.25) is 5.91 Å². The number of rotatable bonds is 3. The first-order valence-corrected chi connectivity index (χ1v) is 8.95. The minimum atomic E-state index is -0.854. The van der Waals surface area contributed by atoms with Crippen molar-refractivity contribution >= 4 is 39.2 Å². The summed E-state index contributed by atoms with van der Waals surface area (Å²) < 4.78 is 7.13. The molecule has 3 rings (SSSR count). The molecule has 2 aliphatic heterocycles. The van der Waals surface area contributed by atoms with Gasteiger partial charge in [-0.05, 0) is 51.2 Å². The molecule has 1 aromatic carbocycles. The molecule has 2 aliphatic rings. The fourth-order valence-corrected chi connectivity index (χ4v) is 4.13. The lowest BCUT2D eigenvalue weighted by molar-refractivity contribution is -0.148. The predicted molar refractivity (Wildman–Crippen MR) is 96.2 cm³/mol. The van der Waals surface area contributed by atoms with E-state index in [0.29, 0.717) is 18.2 Å². The molecule has 1 aromatic rings. The fourth-order valence-electron chi connectivity index (χ4n) is 3.42. The Bertz CT molecular complexity index is 665. The summed E-state index contributed by atoms with van der Waals surface area (Å²) >= 11 is 8.81. The zero-order valence-electron chi connectivity index (χ0n) is 13.4. The van der Waals surface area contributed by atoms with E-state index in [9.17, 15) is 4.79 Å². The molecule has 1 fully saturated rings. The van der Waals surface area contributed by atoms with E-state index in [1.165, 1.54) is 0 Å². The molecule has 0 spiro atoms. The van der Waals surface area contributed by atoms with Gasteiger partial charge >= 0.3 is 0 Å². The summed E-state index contributed by atoms with van der Waals surface area (Å²) in [6, 6.07) is 5.63. The second kappa shape index (κ2) is 5.94. The Morgan fingerprint density at radius 2 is 2.13 bits per heavy atom. The van der Waals surface area contributed by atoms with Gasteiger partial charge < -0.3 is 20.3 Å². The van der Waals surface area contributed by atoms with Crippen molar-refractivity contribution in [2.75, 3.05) is 13.1 Å². The number of halogens is 1. The first kappa shape index (κ1) is 16.5. The van der Waals surface area contributed by atoms with Gasteiger partial charge in [0.15, 0.2) is 10.8 Å². The summed E-state index contributed by atoms with van der Waals surface area (Å²) in [4.78, 5) is 14.9. The van der Waals surface area contributed by atoms with Crippen LogP contribution >= 0.6 is 28.1 Å². The van der Waals surface area contributed by atoms with Crippen LogP contribution in [0.4, 0.5) is 0 Å². The number of hydrogen-bond acceptors (Lipinski definition) is 3. The molecule has 2 N–H and O–H groups in total. The fraction of sp³-hybridized carbons (Fsp3) is 0.500. The molecule has 3 atom stereocenters. The lowest BCUT2D eigenvalue weighted by Crippen LogP contribution is -2.71. The SMILES string of the molecule is CCN(CC)C(=O)[C@@H]1[C@@H]2NC(=S)N[C@@]1(C)Oc1ccc(Br)cc12. The van der Waals surface area contributed by atoms with Crippen LogP contribution in [0.2, 0.25) is 0 Å². The number of ether oxygens (including phenoxy) is 1. The number of nitrogens with one attached hydrogen (secondary N) is 2. The Balaban J connectivity index is 2.09. The van der Waals surface area contributed by atoms with Crippen LogP contribution < -0.4 is 15.4 Å². The van der Waals surface area contributed by atoms with Gasteiger partial charge in [0.05, 0.1) is 6.04 Å². The second-order valence-corrected chi connectivity index (χ2v) is 7.28. The topological polar surface area (TPSA) is 53.6 Å².